The molecule has 0 saturated carbocycles. The third-order valence-corrected chi connectivity index (χ3v) is 1.13. The van der Waals surface area contributed by atoms with Crippen LogP contribution >= 0.6 is 0 Å². The summed E-state index contributed by atoms with van der Waals surface area (Å²) in [7, 11) is 0. The molecule has 3 heteroatoms. The van der Waals surface area contributed by atoms with Gasteiger partial charge in [0.1, 0.15) is 5.82 Å². The Hall–Kier alpha value is -1.25. The summed E-state index contributed by atoms with van der Waals surface area (Å²) in [5.74, 6) is 0.408. The standard InChI is InChI=1S/C6H8N2O/c1-4-2-3-5(7)8-6(4)9/h2-3H,1H3,(H3,7,8,9). The highest BCUT2D eigenvalue weighted by Crippen LogP contribution is 1.91. The number of nitrogen functional groups attached to an aromatic ring is 1. The molecule has 3 N–H and O–H groups in total. The number of aryl methyl sites for hydroxylation is 1. The SMILES string of the molecule is Cc1ccc(N)[nH]c1=O. The number of hydrogen-bond donors (Lipinski definition) is 2. The first-order valence-electron chi connectivity index (χ1n) is 2.65. The number of hydrogen-bond acceptors (Lipinski definition) is 2. The number of aromatic nitrogens is 1. The zero-order valence-electron chi connectivity index (χ0n) is 5.14. The fraction of sp³-hybridized carbons (Fsp3) is 0.167. The molecule has 0 saturated heterocycles. The van der Waals surface area contributed by atoms with Crippen LogP contribution in [0.15, 0.2) is 16.9 Å². The van der Waals surface area contributed by atoms with Gasteiger partial charge in [-0.2, -0.15) is 0 Å². The molecule has 9 heavy (non-hydrogen) atoms. The van der Waals surface area contributed by atoms with E-state index < -0.39 is 0 Å². The van der Waals surface area contributed by atoms with Crippen LogP contribution in [0.1, 0.15) is 5.56 Å². The monoisotopic (exact) mass is 124 g/mol. The maximum absolute atomic E-state index is 10.7. The van der Waals surface area contributed by atoms with Crippen LogP contribution in [-0.2, 0) is 0 Å². The van der Waals surface area contributed by atoms with Gasteiger partial charge in [-0.1, -0.05) is 6.07 Å². The minimum atomic E-state index is -0.116. The Morgan fingerprint density at radius 2 is 2.22 bits per heavy atom. The zero-order chi connectivity index (χ0) is 6.85. The van der Waals surface area contributed by atoms with Crippen LogP contribution in [0.2, 0.25) is 0 Å². The van der Waals surface area contributed by atoms with Crippen molar-refractivity contribution in [3.63, 3.8) is 0 Å². The summed E-state index contributed by atoms with van der Waals surface area (Å²) >= 11 is 0. The minimum absolute atomic E-state index is 0.116. The van der Waals surface area contributed by atoms with Crippen LogP contribution in [0.4, 0.5) is 5.82 Å². The number of rotatable bonds is 0. The molecule has 0 amide bonds. The van der Waals surface area contributed by atoms with Gasteiger partial charge in [-0.05, 0) is 13.0 Å². The Labute approximate surface area is 52.5 Å². The van der Waals surface area contributed by atoms with Gasteiger partial charge in [0.2, 0.25) is 0 Å². The maximum Gasteiger partial charge on any atom is 0.252 e. The van der Waals surface area contributed by atoms with E-state index in [4.69, 9.17) is 5.73 Å². The zero-order valence-corrected chi connectivity index (χ0v) is 5.14. The van der Waals surface area contributed by atoms with Gasteiger partial charge >= 0.3 is 0 Å². The average Bonchev–Trinajstić information content (AvgIpc) is 1.80. The predicted octanol–water partition coefficient (Wildman–Crippen LogP) is 0.266. The molecule has 0 aliphatic heterocycles. The molecular formula is C6H8N2O. The van der Waals surface area contributed by atoms with E-state index in [0.717, 1.165) is 0 Å². The molecule has 0 aromatic carbocycles. The molecule has 0 fully saturated rings. The third kappa shape index (κ3) is 1.10. The Morgan fingerprint density at radius 3 is 2.67 bits per heavy atom. The van der Waals surface area contributed by atoms with Gasteiger partial charge in [-0.3, -0.25) is 4.79 Å². The van der Waals surface area contributed by atoms with Gasteiger partial charge in [-0.15, -0.1) is 0 Å². The highest BCUT2D eigenvalue weighted by atomic mass is 16.1. The number of H-pyrrole nitrogens is 1. The van der Waals surface area contributed by atoms with Gasteiger partial charge in [0.05, 0.1) is 0 Å². The molecule has 3 nitrogen and oxygen atoms in total. The van der Waals surface area contributed by atoms with E-state index in [9.17, 15) is 4.79 Å². The van der Waals surface area contributed by atoms with E-state index in [2.05, 4.69) is 4.98 Å². The second kappa shape index (κ2) is 1.93. The average molecular weight is 124 g/mol. The first-order valence-corrected chi connectivity index (χ1v) is 2.65. The predicted molar refractivity (Wildman–Crippen MR) is 36.2 cm³/mol. The largest absolute Gasteiger partial charge is 0.385 e. The summed E-state index contributed by atoms with van der Waals surface area (Å²) in [4.78, 5) is 13.2. The second-order valence-electron chi connectivity index (χ2n) is 1.93. The number of anilines is 1. The normalized spacial score (nSPS) is 9.44. The molecule has 1 aromatic heterocycles. The number of aromatic amines is 1. The number of pyridine rings is 1. The van der Waals surface area contributed by atoms with E-state index in [0.29, 0.717) is 11.4 Å². The van der Waals surface area contributed by atoms with E-state index >= 15 is 0 Å². The van der Waals surface area contributed by atoms with E-state index in [-0.39, 0.29) is 5.56 Å². The molecule has 0 bridgehead atoms. The lowest BCUT2D eigenvalue weighted by Gasteiger charge is -1.91. The highest BCUT2D eigenvalue weighted by Gasteiger charge is 1.89. The lowest BCUT2D eigenvalue weighted by atomic mass is 10.3. The topological polar surface area (TPSA) is 58.9 Å². The van der Waals surface area contributed by atoms with Crippen molar-refractivity contribution >= 4 is 5.82 Å². The van der Waals surface area contributed by atoms with Gasteiger partial charge in [0, 0.05) is 5.56 Å². The Bertz CT molecular complexity index is 264. The molecule has 0 aliphatic carbocycles. The Balaban J connectivity index is 3.34. The molecule has 0 spiro atoms. The van der Waals surface area contributed by atoms with Crippen molar-refractivity contribution in [3.8, 4) is 0 Å². The first kappa shape index (κ1) is 5.88. The smallest absolute Gasteiger partial charge is 0.252 e. The fourth-order valence-electron chi connectivity index (χ4n) is 0.562. The van der Waals surface area contributed by atoms with Crippen molar-refractivity contribution in [1.29, 1.82) is 0 Å². The Morgan fingerprint density at radius 1 is 1.56 bits per heavy atom. The number of nitrogens with one attached hydrogen (secondary N) is 1. The summed E-state index contributed by atoms with van der Waals surface area (Å²) in [6.07, 6.45) is 0. The number of nitrogens with two attached hydrogens (primary N) is 1. The fourth-order valence-corrected chi connectivity index (χ4v) is 0.562. The van der Waals surface area contributed by atoms with Crippen LogP contribution in [0.25, 0.3) is 0 Å². The van der Waals surface area contributed by atoms with Crippen LogP contribution in [0, 0.1) is 6.92 Å². The molecule has 0 radical (unpaired) electrons. The van der Waals surface area contributed by atoms with Crippen molar-refractivity contribution in [2.75, 3.05) is 5.73 Å². The van der Waals surface area contributed by atoms with Crippen LogP contribution in [0.3, 0.4) is 0 Å². The second-order valence-corrected chi connectivity index (χ2v) is 1.93. The summed E-state index contributed by atoms with van der Waals surface area (Å²) in [6, 6.07) is 3.35. The van der Waals surface area contributed by atoms with Crippen LogP contribution < -0.4 is 11.3 Å². The summed E-state index contributed by atoms with van der Waals surface area (Å²) in [5.41, 5.74) is 5.84. The van der Waals surface area contributed by atoms with E-state index in [1.54, 1.807) is 19.1 Å². The molecule has 0 unspecified atom stereocenters. The van der Waals surface area contributed by atoms with Crippen molar-refractivity contribution in [3.05, 3.63) is 28.0 Å². The van der Waals surface area contributed by atoms with Crippen LogP contribution in [0.5, 0.6) is 0 Å². The van der Waals surface area contributed by atoms with E-state index in [1.165, 1.54) is 0 Å². The highest BCUT2D eigenvalue weighted by molar-refractivity contribution is 5.28. The summed E-state index contributed by atoms with van der Waals surface area (Å²) < 4.78 is 0. The van der Waals surface area contributed by atoms with E-state index in [1.807, 2.05) is 0 Å². The molecule has 48 valence electrons. The van der Waals surface area contributed by atoms with Crippen molar-refractivity contribution in [2.24, 2.45) is 0 Å². The van der Waals surface area contributed by atoms with Crippen molar-refractivity contribution in [1.82, 2.24) is 4.98 Å². The lowest BCUT2D eigenvalue weighted by Crippen LogP contribution is -2.10. The Kier molecular flexibility index (Phi) is 1.26. The van der Waals surface area contributed by atoms with Crippen molar-refractivity contribution < 1.29 is 0 Å². The minimum Gasteiger partial charge on any atom is -0.385 e. The first-order chi connectivity index (χ1) is 4.20. The molecule has 0 aliphatic rings. The molecular weight excluding hydrogens is 116 g/mol. The molecule has 1 aromatic rings. The van der Waals surface area contributed by atoms with Gasteiger partial charge in [0.15, 0.2) is 0 Å². The maximum atomic E-state index is 10.7. The molecule has 1 heterocycles. The molecule has 1 rings (SSSR count). The lowest BCUT2D eigenvalue weighted by molar-refractivity contribution is 1.19. The van der Waals surface area contributed by atoms with Gasteiger partial charge in [-0.25, -0.2) is 0 Å². The van der Waals surface area contributed by atoms with Gasteiger partial charge in [0.25, 0.3) is 5.56 Å². The molecule has 0 atom stereocenters. The summed E-state index contributed by atoms with van der Waals surface area (Å²) in [6.45, 7) is 1.73. The van der Waals surface area contributed by atoms with Gasteiger partial charge < -0.3 is 10.7 Å². The quantitative estimate of drug-likeness (QED) is 0.521. The summed E-state index contributed by atoms with van der Waals surface area (Å²) in [5, 5.41) is 0. The third-order valence-electron chi connectivity index (χ3n) is 1.13. The van der Waals surface area contributed by atoms with Crippen molar-refractivity contribution in [2.45, 2.75) is 6.92 Å². The van der Waals surface area contributed by atoms with Crippen LogP contribution in [-0.4, -0.2) is 4.98 Å².